The van der Waals surface area contributed by atoms with Gasteiger partial charge in [-0.1, -0.05) is 36.1 Å². The van der Waals surface area contributed by atoms with Gasteiger partial charge in [0.2, 0.25) is 6.79 Å². The Morgan fingerprint density at radius 1 is 0.621 bits per heavy atom. The Balaban J connectivity index is 1.87. The van der Waals surface area contributed by atoms with Crippen LogP contribution in [0.25, 0.3) is 32.7 Å². The maximum atomic E-state index is 5.96. The van der Waals surface area contributed by atoms with Crippen molar-refractivity contribution in [2.45, 2.75) is 13.8 Å². The summed E-state index contributed by atoms with van der Waals surface area (Å²) in [6, 6.07) is 20.8. The molecule has 0 atom stereocenters. The summed E-state index contributed by atoms with van der Waals surface area (Å²) in [5.41, 5.74) is 4.13. The molecule has 1 aliphatic rings. The second kappa shape index (κ2) is 6.93. The van der Waals surface area contributed by atoms with E-state index in [0.29, 0.717) is 0 Å². The van der Waals surface area contributed by atoms with Gasteiger partial charge in [0.1, 0.15) is 11.5 Å². The molecule has 0 unspecified atom stereocenters. The van der Waals surface area contributed by atoms with Crippen molar-refractivity contribution in [1.82, 2.24) is 0 Å². The van der Waals surface area contributed by atoms with Crippen molar-refractivity contribution in [3.63, 3.8) is 0 Å². The fourth-order valence-corrected chi connectivity index (χ4v) is 3.98. The molecular weight excluding hydrogens is 356 g/mol. The predicted molar refractivity (Wildman–Crippen MR) is 118 cm³/mol. The van der Waals surface area contributed by atoms with Gasteiger partial charge in [0.15, 0.2) is 0 Å². The summed E-state index contributed by atoms with van der Waals surface area (Å²) in [6.45, 7) is 3.90. The van der Waals surface area contributed by atoms with Gasteiger partial charge in [-0.2, -0.15) is 0 Å². The number of rotatable bonds is 0. The van der Waals surface area contributed by atoms with Gasteiger partial charge < -0.3 is 9.47 Å². The number of fused-ring (bicyclic) bond motifs is 7. The Hall–Kier alpha value is -3.88. The van der Waals surface area contributed by atoms with E-state index in [-0.39, 0.29) is 6.79 Å². The standard InChI is InChI=1S/C27H18O2/c1-3-5-18-7-11-22-20(15-18)9-13-24-26(22)27-23-12-8-19(6-4-2)16-21(23)10-14-25(27)29-17-28-24/h7-16H,17H2,1-2H3. The third kappa shape index (κ3) is 2.87. The minimum Gasteiger partial charge on any atom is -0.457 e. The molecule has 2 heteroatoms. The van der Waals surface area contributed by atoms with Crippen LogP contribution in [0.4, 0.5) is 0 Å². The Morgan fingerprint density at radius 2 is 1.10 bits per heavy atom. The summed E-state index contributed by atoms with van der Waals surface area (Å²) in [5.74, 6) is 13.9. The highest BCUT2D eigenvalue weighted by Gasteiger charge is 2.21. The van der Waals surface area contributed by atoms with E-state index in [2.05, 4.69) is 72.2 Å². The quantitative estimate of drug-likeness (QED) is 0.345. The van der Waals surface area contributed by atoms with Crippen LogP contribution in [0, 0.1) is 23.7 Å². The van der Waals surface area contributed by atoms with Gasteiger partial charge in [-0.3, -0.25) is 0 Å². The van der Waals surface area contributed by atoms with Crippen molar-refractivity contribution in [2.75, 3.05) is 6.79 Å². The van der Waals surface area contributed by atoms with Crippen LogP contribution in [0.1, 0.15) is 25.0 Å². The molecule has 2 nitrogen and oxygen atoms in total. The molecule has 1 aliphatic heterocycles. The van der Waals surface area contributed by atoms with Gasteiger partial charge >= 0.3 is 0 Å². The molecule has 29 heavy (non-hydrogen) atoms. The lowest BCUT2D eigenvalue weighted by Gasteiger charge is -2.14. The molecule has 0 radical (unpaired) electrons. The third-order valence-electron chi connectivity index (χ3n) is 5.18. The summed E-state index contributed by atoms with van der Waals surface area (Å²) >= 11 is 0. The topological polar surface area (TPSA) is 18.5 Å². The number of hydrogen-bond donors (Lipinski definition) is 0. The van der Waals surface area contributed by atoms with Gasteiger partial charge in [0.25, 0.3) is 0 Å². The molecule has 0 saturated heterocycles. The molecule has 4 aromatic carbocycles. The van der Waals surface area contributed by atoms with Crippen LogP contribution in [-0.4, -0.2) is 6.79 Å². The van der Waals surface area contributed by atoms with Crippen LogP contribution in [0.3, 0.4) is 0 Å². The van der Waals surface area contributed by atoms with Crippen LogP contribution in [0.5, 0.6) is 11.5 Å². The molecule has 0 spiro atoms. The highest BCUT2D eigenvalue weighted by Crippen LogP contribution is 2.47. The minimum atomic E-state index is 0.190. The van der Waals surface area contributed by atoms with E-state index >= 15 is 0 Å². The highest BCUT2D eigenvalue weighted by atomic mass is 16.7. The van der Waals surface area contributed by atoms with Crippen molar-refractivity contribution in [3.05, 3.63) is 71.8 Å². The number of hydrogen-bond acceptors (Lipinski definition) is 2. The fraction of sp³-hybridized carbons (Fsp3) is 0.111. The predicted octanol–water partition coefficient (Wildman–Crippen LogP) is 6.13. The first-order valence-corrected chi connectivity index (χ1v) is 9.53. The average molecular weight is 374 g/mol. The summed E-state index contributed by atoms with van der Waals surface area (Å²) in [4.78, 5) is 0. The highest BCUT2D eigenvalue weighted by molar-refractivity contribution is 6.10. The second-order valence-corrected chi connectivity index (χ2v) is 6.91. The van der Waals surface area contributed by atoms with Crippen LogP contribution in [-0.2, 0) is 0 Å². The molecule has 4 aromatic rings. The number of benzene rings is 4. The summed E-state index contributed by atoms with van der Waals surface area (Å²) < 4.78 is 11.9. The lowest BCUT2D eigenvalue weighted by molar-refractivity contribution is 0.125. The minimum absolute atomic E-state index is 0.190. The molecule has 0 aliphatic carbocycles. The lowest BCUT2D eigenvalue weighted by atomic mass is 9.91. The van der Waals surface area contributed by atoms with Crippen LogP contribution >= 0.6 is 0 Å². The first kappa shape index (κ1) is 17.2. The molecule has 1 heterocycles. The van der Waals surface area contributed by atoms with Crippen molar-refractivity contribution in [3.8, 4) is 46.3 Å². The normalized spacial score (nSPS) is 11.7. The Bertz CT molecular complexity index is 1300. The Labute approximate surface area is 170 Å². The molecule has 0 bridgehead atoms. The average Bonchev–Trinajstić information content (AvgIpc) is 2.93. The first-order valence-electron chi connectivity index (χ1n) is 9.53. The van der Waals surface area contributed by atoms with E-state index in [1.54, 1.807) is 0 Å². The SMILES string of the molecule is CC#Cc1ccc2c3c(ccc2c1)OCOc1ccc2cc(C#CC)ccc2c1-3. The van der Waals surface area contributed by atoms with Crippen molar-refractivity contribution < 1.29 is 9.47 Å². The summed E-state index contributed by atoms with van der Waals surface area (Å²) in [6.07, 6.45) is 0. The van der Waals surface area contributed by atoms with E-state index in [9.17, 15) is 0 Å². The van der Waals surface area contributed by atoms with E-state index in [1.807, 2.05) is 26.0 Å². The van der Waals surface area contributed by atoms with Gasteiger partial charge in [-0.25, -0.2) is 0 Å². The maximum absolute atomic E-state index is 5.96. The van der Waals surface area contributed by atoms with Crippen molar-refractivity contribution >= 4 is 21.5 Å². The summed E-state index contributed by atoms with van der Waals surface area (Å²) in [5, 5.41) is 4.51. The fourth-order valence-electron chi connectivity index (χ4n) is 3.98. The number of ether oxygens (including phenoxy) is 2. The molecule has 0 fully saturated rings. The van der Waals surface area contributed by atoms with Crippen LogP contribution in [0.15, 0.2) is 60.7 Å². The van der Waals surface area contributed by atoms with E-state index in [0.717, 1.165) is 55.3 Å². The van der Waals surface area contributed by atoms with Gasteiger partial charge in [0, 0.05) is 22.3 Å². The summed E-state index contributed by atoms with van der Waals surface area (Å²) in [7, 11) is 0. The zero-order valence-electron chi connectivity index (χ0n) is 16.3. The third-order valence-corrected chi connectivity index (χ3v) is 5.18. The van der Waals surface area contributed by atoms with Gasteiger partial charge in [0.05, 0.1) is 0 Å². The zero-order chi connectivity index (χ0) is 19.8. The van der Waals surface area contributed by atoms with Crippen LogP contribution in [0.2, 0.25) is 0 Å². The smallest absolute Gasteiger partial charge is 0.230 e. The second-order valence-electron chi connectivity index (χ2n) is 6.91. The van der Waals surface area contributed by atoms with Crippen LogP contribution < -0.4 is 9.47 Å². The monoisotopic (exact) mass is 374 g/mol. The molecule has 0 N–H and O–H groups in total. The molecular formula is C27H18O2. The first-order chi connectivity index (χ1) is 14.3. The van der Waals surface area contributed by atoms with E-state index in [1.165, 1.54) is 0 Å². The Morgan fingerprint density at radius 3 is 1.55 bits per heavy atom. The zero-order valence-corrected chi connectivity index (χ0v) is 16.3. The molecule has 5 rings (SSSR count). The van der Waals surface area contributed by atoms with Gasteiger partial charge in [-0.05, 0) is 71.8 Å². The van der Waals surface area contributed by atoms with E-state index < -0.39 is 0 Å². The maximum Gasteiger partial charge on any atom is 0.230 e. The van der Waals surface area contributed by atoms with Crippen molar-refractivity contribution in [2.24, 2.45) is 0 Å². The molecule has 0 amide bonds. The Kier molecular flexibility index (Phi) is 4.12. The van der Waals surface area contributed by atoms with Gasteiger partial charge in [-0.15, -0.1) is 11.8 Å². The molecule has 0 aromatic heterocycles. The van der Waals surface area contributed by atoms with Crippen molar-refractivity contribution in [1.29, 1.82) is 0 Å². The molecule has 138 valence electrons. The lowest BCUT2D eigenvalue weighted by Crippen LogP contribution is -2.03. The largest absolute Gasteiger partial charge is 0.457 e. The van der Waals surface area contributed by atoms with E-state index in [4.69, 9.17) is 9.47 Å². The molecule has 0 saturated carbocycles.